The van der Waals surface area contributed by atoms with Crippen molar-refractivity contribution in [2.45, 2.75) is 48.0 Å². The molecule has 0 fully saturated rings. The van der Waals surface area contributed by atoms with Crippen molar-refractivity contribution in [1.82, 2.24) is 0 Å². The van der Waals surface area contributed by atoms with Gasteiger partial charge in [-0.3, -0.25) is 0 Å². The third-order valence-corrected chi connectivity index (χ3v) is 2.13. The van der Waals surface area contributed by atoms with Gasteiger partial charge in [-0.05, 0) is 30.2 Å². The first-order chi connectivity index (χ1) is 8.19. The van der Waals surface area contributed by atoms with E-state index < -0.39 is 0 Å². The summed E-state index contributed by atoms with van der Waals surface area (Å²) in [5.41, 5.74) is 13.3. The van der Waals surface area contributed by atoms with Crippen LogP contribution in [0.5, 0.6) is 0 Å². The van der Waals surface area contributed by atoms with Gasteiger partial charge in [0, 0.05) is 17.1 Å². The van der Waals surface area contributed by atoms with Crippen molar-refractivity contribution in [2.75, 3.05) is 0 Å². The molecule has 17 heavy (non-hydrogen) atoms. The van der Waals surface area contributed by atoms with Crippen molar-refractivity contribution in [2.24, 2.45) is 11.5 Å². The van der Waals surface area contributed by atoms with E-state index in [9.17, 15) is 0 Å². The molecular weight excluding hydrogens is 208 g/mol. The van der Waals surface area contributed by atoms with Crippen LogP contribution in [0.3, 0.4) is 0 Å². The van der Waals surface area contributed by atoms with Crippen molar-refractivity contribution in [3.05, 3.63) is 34.2 Å². The van der Waals surface area contributed by atoms with E-state index >= 15 is 0 Å². The van der Waals surface area contributed by atoms with Gasteiger partial charge in [0.25, 0.3) is 0 Å². The highest BCUT2D eigenvalue weighted by molar-refractivity contribution is 5.40. The monoisotopic (exact) mass is 236 g/mol. The molecule has 4 N–H and O–H groups in total. The van der Waals surface area contributed by atoms with Crippen molar-refractivity contribution < 1.29 is 0 Å². The predicted octanol–water partition coefficient (Wildman–Crippen LogP) is 2.08. The Morgan fingerprint density at radius 1 is 1.18 bits per heavy atom. The molecule has 0 saturated heterocycles. The molecule has 0 heterocycles. The fourth-order valence-corrected chi connectivity index (χ4v) is 1.33. The van der Waals surface area contributed by atoms with Crippen molar-refractivity contribution in [3.8, 4) is 0 Å². The number of hydrogen-bond acceptors (Lipinski definition) is 2. The largest absolute Gasteiger partial charge is 0.404 e. The van der Waals surface area contributed by atoms with Crippen LogP contribution in [-0.2, 0) is 6.42 Å². The Morgan fingerprint density at radius 2 is 1.71 bits per heavy atom. The van der Waals surface area contributed by atoms with Crippen LogP contribution in [0, 0.1) is 0 Å². The molecule has 0 aliphatic carbocycles. The summed E-state index contributed by atoms with van der Waals surface area (Å²) in [5.74, 6) is 0. The molecular formula is C15H28N2. The molecule has 0 radical (unpaired) electrons. The summed E-state index contributed by atoms with van der Waals surface area (Å²) < 4.78 is 0. The lowest BCUT2D eigenvalue weighted by atomic mass is 10.1. The summed E-state index contributed by atoms with van der Waals surface area (Å²) in [6.45, 7) is 12.0. The fraction of sp³-hybridized carbons (Fsp3) is 0.467. The quantitative estimate of drug-likeness (QED) is 0.784. The topological polar surface area (TPSA) is 52.0 Å². The number of rotatable bonds is 1. The first kappa shape index (κ1) is 17.9. The molecule has 0 aliphatic rings. The summed E-state index contributed by atoms with van der Waals surface area (Å²) in [7, 11) is 0. The van der Waals surface area contributed by atoms with Gasteiger partial charge in [0.2, 0.25) is 0 Å². The van der Waals surface area contributed by atoms with Crippen molar-refractivity contribution in [1.29, 1.82) is 0 Å². The fourth-order valence-electron chi connectivity index (χ4n) is 1.33. The molecule has 0 aromatic heterocycles. The average molecular weight is 236 g/mol. The van der Waals surface area contributed by atoms with Gasteiger partial charge >= 0.3 is 0 Å². The van der Waals surface area contributed by atoms with Crippen LogP contribution in [0.15, 0.2) is 18.2 Å². The molecule has 2 heteroatoms. The van der Waals surface area contributed by atoms with Crippen LogP contribution in [-0.4, -0.2) is 0 Å². The molecule has 98 valence electrons. The van der Waals surface area contributed by atoms with Gasteiger partial charge in [-0.25, -0.2) is 0 Å². The zero-order valence-electron chi connectivity index (χ0n) is 12.2. The van der Waals surface area contributed by atoms with Crippen LogP contribution in [0.4, 0.5) is 0 Å². The highest BCUT2D eigenvalue weighted by Crippen LogP contribution is 1.92. The molecule has 0 aliphatic heterocycles. The van der Waals surface area contributed by atoms with Crippen LogP contribution in [0.2, 0.25) is 0 Å². The highest BCUT2D eigenvalue weighted by Gasteiger charge is 1.91. The van der Waals surface area contributed by atoms with E-state index in [4.69, 9.17) is 11.5 Å². The smallest absolute Gasteiger partial charge is 0.0129 e. The van der Waals surface area contributed by atoms with Crippen LogP contribution >= 0.6 is 0 Å². The van der Waals surface area contributed by atoms with E-state index in [1.165, 1.54) is 5.56 Å². The second-order valence-electron chi connectivity index (χ2n) is 3.12. The maximum atomic E-state index is 5.72. The second kappa shape index (κ2) is 11.1. The molecule has 1 aromatic carbocycles. The molecule has 1 aromatic rings. The lowest BCUT2D eigenvalue weighted by molar-refractivity contribution is 1.13. The number of hydrogen-bond donors (Lipinski definition) is 2. The van der Waals surface area contributed by atoms with Gasteiger partial charge in [-0.15, -0.1) is 0 Å². The van der Waals surface area contributed by atoms with E-state index in [-0.39, 0.29) is 0 Å². The molecule has 2 nitrogen and oxygen atoms in total. The number of nitrogens with two attached hydrogens (primary N) is 2. The summed E-state index contributed by atoms with van der Waals surface area (Å²) in [6.07, 6.45) is 2.62. The van der Waals surface area contributed by atoms with Gasteiger partial charge in [-0.1, -0.05) is 46.8 Å². The molecule has 0 atom stereocenters. The van der Waals surface area contributed by atoms with Crippen LogP contribution < -0.4 is 21.9 Å². The number of benzene rings is 1. The van der Waals surface area contributed by atoms with E-state index in [1.807, 2.05) is 40.7 Å². The van der Waals surface area contributed by atoms with Crippen molar-refractivity contribution in [3.63, 3.8) is 0 Å². The molecule has 1 rings (SSSR count). The SMILES string of the molecule is CC.CC.CCc1ccc(=C(\C)N)/c(=C\N)c1. The Hall–Kier alpha value is -1.44. The van der Waals surface area contributed by atoms with Gasteiger partial charge in [0.05, 0.1) is 0 Å². The summed E-state index contributed by atoms with van der Waals surface area (Å²) in [6, 6.07) is 6.18. The minimum Gasteiger partial charge on any atom is -0.404 e. The highest BCUT2D eigenvalue weighted by atomic mass is 14.5. The normalized spacial score (nSPS) is 11.8. The Bertz CT molecular complexity index is 401. The van der Waals surface area contributed by atoms with Gasteiger partial charge in [-0.2, -0.15) is 0 Å². The Kier molecular flexibility index (Phi) is 11.7. The van der Waals surface area contributed by atoms with Gasteiger partial charge in [0.1, 0.15) is 0 Å². The van der Waals surface area contributed by atoms with Gasteiger partial charge < -0.3 is 11.5 Å². The summed E-state index contributed by atoms with van der Waals surface area (Å²) in [4.78, 5) is 0. The Morgan fingerprint density at radius 3 is 2.06 bits per heavy atom. The zero-order valence-corrected chi connectivity index (χ0v) is 12.2. The molecule has 0 amide bonds. The van der Waals surface area contributed by atoms with E-state index in [2.05, 4.69) is 19.1 Å². The van der Waals surface area contributed by atoms with Crippen molar-refractivity contribution >= 4 is 11.9 Å². The minimum atomic E-state index is 0.805. The maximum Gasteiger partial charge on any atom is 0.0129 e. The minimum absolute atomic E-state index is 0.805. The molecule has 0 unspecified atom stereocenters. The predicted molar refractivity (Wildman–Crippen MR) is 79.7 cm³/mol. The van der Waals surface area contributed by atoms with E-state index in [0.717, 1.165) is 22.6 Å². The molecule has 0 saturated carbocycles. The first-order valence-corrected chi connectivity index (χ1v) is 6.46. The lowest BCUT2D eigenvalue weighted by Gasteiger charge is -1.98. The zero-order chi connectivity index (χ0) is 13.8. The van der Waals surface area contributed by atoms with Gasteiger partial charge in [0.15, 0.2) is 0 Å². The third kappa shape index (κ3) is 6.00. The van der Waals surface area contributed by atoms with E-state index in [0.29, 0.717) is 0 Å². The Labute approximate surface area is 106 Å². The first-order valence-electron chi connectivity index (χ1n) is 6.46. The third-order valence-electron chi connectivity index (χ3n) is 2.13. The average Bonchev–Trinajstić information content (AvgIpc) is 2.42. The standard InChI is InChI=1S/C11H16N2.2C2H6/c1-3-9-4-5-11(8(2)13)10(6-9)7-12;2*1-2/h4-7H,3,12-13H2,1-2H3;2*1-2H3/b10-7-,11-8-;;. The molecule has 0 spiro atoms. The van der Waals surface area contributed by atoms with Crippen LogP contribution in [0.25, 0.3) is 11.9 Å². The van der Waals surface area contributed by atoms with E-state index in [1.54, 1.807) is 6.20 Å². The Balaban J connectivity index is 0. The number of aryl methyl sites for hydroxylation is 1. The molecule has 0 bridgehead atoms. The summed E-state index contributed by atoms with van der Waals surface area (Å²) >= 11 is 0. The van der Waals surface area contributed by atoms with Crippen LogP contribution in [0.1, 0.15) is 47.1 Å². The summed E-state index contributed by atoms with van der Waals surface area (Å²) in [5, 5.41) is 2.04. The second-order valence-corrected chi connectivity index (χ2v) is 3.12. The lowest BCUT2D eigenvalue weighted by Crippen LogP contribution is -2.30. The maximum absolute atomic E-state index is 5.72.